The van der Waals surface area contributed by atoms with Crippen molar-refractivity contribution in [1.29, 1.82) is 0 Å². The lowest BCUT2D eigenvalue weighted by atomic mass is 10.0. The molecule has 1 saturated heterocycles. The van der Waals surface area contributed by atoms with Crippen LogP contribution < -0.4 is 5.32 Å². The van der Waals surface area contributed by atoms with Crippen LogP contribution >= 0.6 is 11.8 Å². The molecule has 6 heteroatoms. The van der Waals surface area contributed by atoms with Gasteiger partial charge in [0.1, 0.15) is 6.33 Å². The van der Waals surface area contributed by atoms with Crippen LogP contribution in [0.15, 0.2) is 30.6 Å². The highest BCUT2D eigenvalue weighted by Gasteiger charge is 2.15. The van der Waals surface area contributed by atoms with E-state index in [4.69, 9.17) is 0 Å². The second-order valence-electron chi connectivity index (χ2n) is 5.54. The molecule has 1 aromatic carbocycles. The highest BCUT2D eigenvalue weighted by Crippen LogP contribution is 2.23. The number of hydrogen-bond acceptors (Lipinski definition) is 5. The third-order valence-electron chi connectivity index (χ3n) is 4.04. The molecule has 0 amide bonds. The van der Waals surface area contributed by atoms with E-state index >= 15 is 0 Å². The predicted molar refractivity (Wildman–Crippen MR) is 85.6 cm³/mol. The van der Waals surface area contributed by atoms with E-state index in [1.807, 2.05) is 6.07 Å². The van der Waals surface area contributed by atoms with Crippen LogP contribution in [-0.2, 0) is 0 Å². The van der Waals surface area contributed by atoms with E-state index in [1.165, 1.54) is 29.9 Å². The first-order chi connectivity index (χ1) is 10.3. The molecule has 1 aliphatic rings. The fraction of sp³-hybridized carbons (Fsp3) is 0.533. The first kappa shape index (κ1) is 14.5. The Morgan fingerprint density at radius 3 is 3.00 bits per heavy atom. The van der Waals surface area contributed by atoms with Crippen LogP contribution in [0, 0.1) is 5.92 Å². The van der Waals surface area contributed by atoms with Crippen molar-refractivity contribution in [3.8, 4) is 5.69 Å². The van der Waals surface area contributed by atoms with Crippen LogP contribution in [0.2, 0.25) is 0 Å². The molecule has 2 heterocycles. The van der Waals surface area contributed by atoms with E-state index in [2.05, 4.69) is 57.7 Å². The molecule has 1 atom stereocenters. The quantitative estimate of drug-likeness (QED) is 0.919. The largest absolute Gasteiger partial charge is 0.310 e. The molecule has 1 aromatic heterocycles. The van der Waals surface area contributed by atoms with Crippen molar-refractivity contribution in [3.63, 3.8) is 0 Å². The highest BCUT2D eigenvalue weighted by molar-refractivity contribution is 7.99. The number of nitrogens with zero attached hydrogens (tertiary/aromatic N) is 4. The maximum Gasteiger partial charge on any atom is 0.143 e. The zero-order valence-corrected chi connectivity index (χ0v) is 13.1. The molecular weight excluding hydrogens is 282 g/mol. The minimum absolute atomic E-state index is 0.344. The Bertz CT molecular complexity index is 551. The molecule has 21 heavy (non-hydrogen) atoms. The number of benzene rings is 1. The number of hydrogen-bond donors (Lipinski definition) is 1. The molecule has 1 aliphatic heterocycles. The van der Waals surface area contributed by atoms with Crippen molar-refractivity contribution in [1.82, 2.24) is 25.5 Å². The summed E-state index contributed by atoms with van der Waals surface area (Å²) in [6.45, 7) is 3.33. The maximum atomic E-state index is 3.94. The standard InChI is InChI=1S/C15H21N5S/c1-12(16-10-13-5-7-21-8-6-13)14-3-2-4-15(9-14)20-11-17-18-19-20/h2-4,9,11-13,16H,5-8,10H2,1H3. The van der Waals surface area contributed by atoms with Gasteiger partial charge in [0.2, 0.25) is 0 Å². The van der Waals surface area contributed by atoms with E-state index in [0.29, 0.717) is 6.04 Å². The van der Waals surface area contributed by atoms with Gasteiger partial charge in [0, 0.05) is 6.04 Å². The summed E-state index contributed by atoms with van der Waals surface area (Å²) < 4.78 is 1.69. The number of tetrazole rings is 1. The maximum absolute atomic E-state index is 3.94. The molecule has 1 N–H and O–H groups in total. The molecule has 0 radical (unpaired) electrons. The number of rotatable bonds is 5. The average Bonchev–Trinajstić information content (AvgIpc) is 3.08. The van der Waals surface area contributed by atoms with Gasteiger partial charge in [-0.2, -0.15) is 11.8 Å². The van der Waals surface area contributed by atoms with Gasteiger partial charge in [-0.1, -0.05) is 12.1 Å². The van der Waals surface area contributed by atoms with Gasteiger partial charge in [-0.25, -0.2) is 4.68 Å². The van der Waals surface area contributed by atoms with E-state index in [9.17, 15) is 0 Å². The first-order valence-corrected chi connectivity index (χ1v) is 8.63. The van der Waals surface area contributed by atoms with Gasteiger partial charge in [-0.05, 0) is 71.9 Å². The van der Waals surface area contributed by atoms with Gasteiger partial charge in [0.15, 0.2) is 0 Å². The molecular formula is C15H21N5S. The molecule has 5 nitrogen and oxygen atoms in total. The zero-order chi connectivity index (χ0) is 14.5. The van der Waals surface area contributed by atoms with E-state index in [-0.39, 0.29) is 0 Å². The van der Waals surface area contributed by atoms with Crippen molar-refractivity contribution in [2.24, 2.45) is 5.92 Å². The Morgan fingerprint density at radius 2 is 2.24 bits per heavy atom. The average molecular weight is 303 g/mol. The van der Waals surface area contributed by atoms with E-state index in [0.717, 1.165) is 18.2 Å². The summed E-state index contributed by atoms with van der Waals surface area (Å²) >= 11 is 2.08. The van der Waals surface area contributed by atoms with Gasteiger partial charge in [-0.15, -0.1) is 5.10 Å². The Balaban J connectivity index is 1.61. The Hall–Kier alpha value is -1.40. The first-order valence-electron chi connectivity index (χ1n) is 7.47. The smallest absolute Gasteiger partial charge is 0.143 e. The van der Waals surface area contributed by atoms with E-state index < -0.39 is 0 Å². The third-order valence-corrected chi connectivity index (χ3v) is 5.09. The predicted octanol–water partition coefficient (Wildman–Crippen LogP) is 2.46. The van der Waals surface area contributed by atoms with Crippen molar-refractivity contribution in [2.75, 3.05) is 18.1 Å². The summed E-state index contributed by atoms with van der Waals surface area (Å²) in [5.74, 6) is 3.46. The fourth-order valence-electron chi connectivity index (χ4n) is 2.63. The molecule has 0 bridgehead atoms. The minimum Gasteiger partial charge on any atom is -0.310 e. The summed E-state index contributed by atoms with van der Waals surface area (Å²) in [6.07, 6.45) is 4.31. The van der Waals surface area contributed by atoms with Crippen LogP contribution in [0.4, 0.5) is 0 Å². The van der Waals surface area contributed by atoms with Crippen molar-refractivity contribution in [3.05, 3.63) is 36.2 Å². The third kappa shape index (κ3) is 3.83. The summed E-state index contributed by atoms with van der Waals surface area (Å²) in [7, 11) is 0. The van der Waals surface area contributed by atoms with Gasteiger partial charge < -0.3 is 5.32 Å². The zero-order valence-electron chi connectivity index (χ0n) is 12.3. The Kier molecular flexibility index (Phi) is 4.87. The lowest BCUT2D eigenvalue weighted by molar-refractivity contribution is 0.421. The highest BCUT2D eigenvalue weighted by atomic mass is 32.2. The molecule has 0 saturated carbocycles. The lowest BCUT2D eigenvalue weighted by Crippen LogP contribution is -2.28. The molecule has 1 fully saturated rings. The molecule has 0 aliphatic carbocycles. The number of thioether (sulfide) groups is 1. The minimum atomic E-state index is 0.344. The van der Waals surface area contributed by atoms with Crippen LogP contribution in [0.3, 0.4) is 0 Å². The van der Waals surface area contributed by atoms with Crippen molar-refractivity contribution < 1.29 is 0 Å². The van der Waals surface area contributed by atoms with Crippen LogP contribution in [-0.4, -0.2) is 38.3 Å². The van der Waals surface area contributed by atoms with Gasteiger partial charge in [-0.3, -0.25) is 0 Å². The topological polar surface area (TPSA) is 55.6 Å². The molecule has 3 rings (SSSR count). The summed E-state index contributed by atoms with van der Waals surface area (Å²) in [4.78, 5) is 0. The molecule has 1 unspecified atom stereocenters. The van der Waals surface area contributed by atoms with Gasteiger partial charge >= 0.3 is 0 Å². The Morgan fingerprint density at radius 1 is 1.38 bits per heavy atom. The molecule has 2 aromatic rings. The Labute approximate surface area is 129 Å². The van der Waals surface area contributed by atoms with Gasteiger partial charge in [0.05, 0.1) is 5.69 Å². The fourth-order valence-corrected chi connectivity index (χ4v) is 3.83. The summed E-state index contributed by atoms with van der Waals surface area (Å²) in [6, 6.07) is 8.72. The number of aromatic nitrogens is 4. The van der Waals surface area contributed by atoms with Crippen molar-refractivity contribution in [2.45, 2.75) is 25.8 Å². The SMILES string of the molecule is CC(NCC1CCSCC1)c1cccc(-n2cnnn2)c1. The normalized spacial score (nSPS) is 17.8. The molecule has 0 spiro atoms. The van der Waals surface area contributed by atoms with Gasteiger partial charge in [0.25, 0.3) is 0 Å². The second kappa shape index (κ2) is 7.04. The summed E-state index contributed by atoms with van der Waals surface area (Å²) in [5, 5.41) is 15.0. The van der Waals surface area contributed by atoms with Crippen LogP contribution in [0.1, 0.15) is 31.4 Å². The van der Waals surface area contributed by atoms with E-state index in [1.54, 1.807) is 11.0 Å². The molecule has 112 valence electrons. The second-order valence-corrected chi connectivity index (χ2v) is 6.76. The number of nitrogens with one attached hydrogen (secondary N) is 1. The van der Waals surface area contributed by atoms with Crippen LogP contribution in [0.25, 0.3) is 5.69 Å². The van der Waals surface area contributed by atoms with Crippen molar-refractivity contribution >= 4 is 11.8 Å². The summed E-state index contributed by atoms with van der Waals surface area (Å²) in [5.41, 5.74) is 2.27. The lowest BCUT2D eigenvalue weighted by Gasteiger charge is -2.24. The monoisotopic (exact) mass is 303 g/mol. The van der Waals surface area contributed by atoms with Crippen LogP contribution in [0.5, 0.6) is 0 Å².